The first kappa shape index (κ1) is 23.1. The number of halogens is 1. The standard InChI is InChI=1S/C24H32ClN5O2S/c1-16-10-24(15-32-16)5-8-29(9-6-24)19-11-28-20(12-27-19)33-18-4-7-26-22(21(18)25)30-13-17(14-30)23(2,3)31/h4,7,11-12,16-17,31H,5-6,8-10,13-15H2,1-3H3/t16-/m0/s1. The molecule has 0 bridgehead atoms. The summed E-state index contributed by atoms with van der Waals surface area (Å²) < 4.78 is 5.84. The molecule has 5 heterocycles. The summed E-state index contributed by atoms with van der Waals surface area (Å²) in [6.45, 7) is 10.3. The number of ether oxygens (including phenoxy) is 1. The Bertz CT molecular complexity index is 985. The Balaban J connectivity index is 1.21. The van der Waals surface area contributed by atoms with Gasteiger partial charge in [-0.3, -0.25) is 0 Å². The topological polar surface area (TPSA) is 74.6 Å². The Morgan fingerprint density at radius 3 is 2.52 bits per heavy atom. The van der Waals surface area contributed by atoms with Crippen LogP contribution in [-0.4, -0.2) is 64.5 Å². The fraction of sp³-hybridized carbons (Fsp3) is 0.625. The van der Waals surface area contributed by atoms with Crippen molar-refractivity contribution in [3.63, 3.8) is 0 Å². The van der Waals surface area contributed by atoms with Gasteiger partial charge in [0, 0.05) is 43.2 Å². The molecule has 1 N–H and O–H groups in total. The largest absolute Gasteiger partial charge is 0.390 e. The van der Waals surface area contributed by atoms with Crippen molar-refractivity contribution >= 4 is 35.0 Å². The van der Waals surface area contributed by atoms with Crippen molar-refractivity contribution in [2.45, 2.75) is 61.7 Å². The minimum atomic E-state index is -0.690. The van der Waals surface area contributed by atoms with E-state index in [9.17, 15) is 5.11 Å². The van der Waals surface area contributed by atoms with Gasteiger partial charge in [0.25, 0.3) is 0 Å². The molecule has 0 radical (unpaired) electrons. The van der Waals surface area contributed by atoms with Crippen LogP contribution in [0.5, 0.6) is 0 Å². The monoisotopic (exact) mass is 489 g/mol. The van der Waals surface area contributed by atoms with Crippen molar-refractivity contribution in [2.24, 2.45) is 11.3 Å². The van der Waals surface area contributed by atoms with E-state index in [2.05, 4.69) is 26.7 Å². The van der Waals surface area contributed by atoms with Gasteiger partial charge in [-0.25, -0.2) is 15.0 Å². The Kier molecular flexibility index (Phi) is 6.22. The van der Waals surface area contributed by atoms with Crippen molar-refractivity contribution in [3.8, 4) is 0 Å². The number of rotatable bonds is 5. The minimum Gasteiger partial charge on any atom is -0.390 e. The minimum absolute atomic E-state index is 0.222. The lowest BCUT2D eigenvalue weighted by atomic mass is 9.77. The third-order valence-electron chi connectivity index (χ3n) is 7.39. The molecule has 0 unspecified atom stereocenters. The predicted molar refractivity (Wildman–Crippen MR) is 131 cm³/mol. The zero-order valence-corrected chi connectivity index (χ0v) is 21.1. The fourth-order valence-electron chi connectivity index (χ4n) is 5.06. The van der Waals surface area contributed by atoms with E-state index in [1.807, 2.05) is 32.3 Å². The maximum atomic E-state index is 10.2. The van der Waals surface area contributed by atoms with Crippen LogP contribution in [0.15, 0.2) is 34.6 Å². The second-order valence-electron chi connectivity index (χ2n) is 10.3. The van der Waals surface area contributed by atoms with Crippen LogP contribution in [-0.2, 0) is 4.74 Å². The van der Waals surface area contributed by atoms with Gasteiger partial charge in [0.2, 0.25) is 0 Å². The number of aliphatic hydroxyl groups is 1. The fourth-order valence-corrected chi connectivity index (χ4v) is 6.15. The van der Waals surface area contributed by atoms with Crippen LogP contribution in [0, 0.1) is 11.3 Å². The summed E-state index contributed by atoms with van der Waals surface area (Å²) in [6.07, 6.45) is 9.33. The van der Waals surface area contributed by atoms with Crippen LogP contribution in [0.3, 0.4) is 0 Å². The van der Waals surface area contributed by atoms with Gasteiger partial charge >= 0.3 is 0 Å². The molecule has 0 aliphatic carbocycles. The van der Waals surface area contributed by atoms with Gasteiger partial charge in [0.1, 0.15) is 16.7 Å². The van der Waals surface area contributed by atoms with Crippen LogP contribution in [0.1, 0.15) is 40.0 Å². The second kappa shape index (κ2) is 8.87. The van der Waals surface area contributed by atoms with Crippen LogP contribution in [0.2, 0.25) is 5.02 Å². The first-order valence-electron chi connectivity index (χ1n) is 11.7. The molecule has 3 aliphatic heterocycles. The first-order chi connectivity index (χ1) is 15.7. The number of hydrogen-bond acceptors (Lipinski definition) is 8. The molecule has 9 heteroatoms. The molecule has 3 fully saturated rings. The van der Waals surface area contributed by atoms with Crippen LogP contribution in [0.4, 0.5) is 11.6 Å². The predicted octanol–water partition coefficient (Wildman–Crippen LogP) is 4.28. The van der Waals surface area contributed by atoms with Gasteiger partial charge < -0.3 is 19.6 Å². The molecule has 3 saturated heterocycles. The highest BCUT2D eigenvalue weighted by atomic mass is 35.5. The third kappa shape index (κ3) is 4.81. The lowest BCUT2D eigenvalue weighted by molar-refractivity contribution is 0.00438. The first-order valence-corrected chi connectivity index (χ1v) is 12.9. The number of nitrogens with zero attached hydrogens (tertiary/aromatic N) is 5. The van der Waals surface area contributed by atoms with Crippen LogP contribution in [0.25, 0.3) is 0 Å². The molecule has 0 saturated carbocycles. The lowest BCUT2D eigenvalue weighted by Crippen LogP contribution is -2.56. The maximum Gasteiger partial charge on any atom is 0.148 e. The van der Waals surface area contributed by atoms with E-state index in [1.165, 1.54) is 18.2 Å². The van der Waals surface area contributed by atoms with Crippen molar-refractivity contribution < 1.29 is 9.84 Å². The zero-order chi connectivity index (χ0) is 23.2. The van der Waals surface area contributed by atoms with Crippen molar-refractivity contribution in [1.29, 1.82) is 0 Å². The Hall–Kier alpha value is -1.61. The number of piperidine rings is 1. The summed E-state index contributed by atoms with van der Waals surface area (Å²) in [7, 11) is 0. The normalized spacial score (nSPS) is 23.2. The van der Waals surface area contributed by atoms with Gasteiger partial charge in [0.15, 0.2) is 0 Å². The van der Waals surface area contributed by atoms with E-state index in [0.717, 1.165) is 67.2 Å². The molecule has 33 heavy (non-hydrogen) atoms. The second-order valence-corrected chi connectivity index (χ2v) is 11.8. The summed E-state index contributed by atoms with van der Waals surface area (Å²) in [6, 6.07) is 1.91. The number of pyridine rings is 1. The van der Waals surface area contributed by atoms with Gasteiger partial charge in [-0.15, -0.1) is 0 Å². The number of hydrogen-bond donors (Lipinski definition) is 1. The summed E-state index contributed by atoms with van der Waals surface area (Å²) >= 11 is 8.20. The Morgan fingerprint density at radius 2 is 1.91 bits per heavy atom. The Labute approximate surface area is 204 Å². The molecule has 178 valence electrons. The van der Waals surface area contributed by atoms with E-state index >= 15 is 0 Å². The number of anilines is 2. The molecule has 7 nitrogen and oxygen atoms in total. The molecule has 0 aromatic carbocycles. The van der Waals surface area contributed by atoms with Gasteiger partial charge in [-0.1, -0.05) is 23.4 Å². The number of aromatic nitrogens is 3. The van der Waals surface area contributed by atoms with Crippen LogP contribution < -0.4 is 9.80 Å². The van der Waals surface area contributed by atoms with E-state index in [1.54, 1.807) is 6.20 Å². The molecular weight excluding hydrogens is 458 g/mol. The summed E-state index contributed by atoms with van der Waals surface area (Å²) in [5.74, 6) is 1.92. The summed E-state index contributed by atoms with van der Waals surface area (Å²) in [4.78, 5) is 19.2. The third-order valence-corrected chi connectivity index (χ3v) is 8.85. The van der Waals surface area contributed by atoms with E-state index in [4.69, 9.17) is 21.3 Å². The SMILES string of the molecule is C[C@H]1CC2(CCN(c3cnc(Sc4ccnc(N5CC(C(C)(C)O)C5)c4Cl)cn3)CC2)CO1. The molecule has 1 spiro atoms. The zero-order valence-electron chi connectivity index (χ0n) is 19.5. The summed E-state index contributed by atoms with van der Waals surface area (Å²) in [5, 5.41) is 11.6. The highest BCUT2D eigenvalue weighted by Gasteiger charge is 2.41. The smallest absolute Gasteiger partial charge is 0.148 e. The van der Waals surface area contributed by atoms with E-state index in [-0.39, 0.29) is 5.92 Å². The lowest BCUT2D eigenvalue weighted by Gasteiger charge is -2.46. The molecule has 0 amide bonds. The molecule has 2 aromatic rings. The molecule has 3 aliphatic rings. The molecular formula is C24H32ClN5O2S. The molecule has 2 aromatic heterocycles. The molecule has 1 atom stereocenters. The quantitative estimate of drug-likeness (QED) is 0.667. The highest BCUT2D eigenvalue weighted by Crippen LogP contribution is 2.43. The van der Waals surface area contributed by atoms with Gasteiger partial charge in [-0.05, 0) is 51.5 Å². The van der Waals surface area contributed by atoms with Crippen LogP contribution >= 0.6 is 23.4 Å². The average molecular weight is 490 g/mol. The van der Waals surface area contributed by atoms with E-state index in [0.29, 0.717) is 16.5 Å². The van der Waals surface area contributed by atoms with Crippen molar-refractivity contribution in [3.05, 3.63) is 29.7 Å². The van der Waals surface area contributed by atoms with E-state index < -0.39 is 5.60 Å². The average Bonchev–Trinajstić information content (AvgIpc) is 3.10. The van der Waals surface area contributed by atoms with Gasteiger partial charge in [-0.2, -0.15) is 0 Å². The summed E-state index contributed by atoms with van der Waals surface area (Å²) in [5.41, 5.74) is -0.330. The van der Waals surface area contributed by atoms with Crippen molar-refractivity contribution in [1.82, 2.24) is 15.0 Å². The maximum absolute atomic E-state index is 10.2. The van der Waals surface area contributed by atoms with Gasteiger partial charge in [0.05, 0.1) is 35.7 Å². The Morgan fingerprint density at radius 1 is 1.15 bits per heavy atom. The van der Waals surface area contributed by atoms with Crippen molar-refractivity contribution in [2.75, 3.05) is 42.6 Å². The molecule has 5 rings (SSSR count). The highest BCUT2D eigenvalue weighted by molar-refractivity contribution is 7.99.